The molecule has 0 aliphatic heterocycles. The predicted octanol–water partition coefficient (Wildman–Crippen LogP) is 6.19. The molecular weight excluding hydrogens is 563 g/mol. The Bertz CT molecular complexity index is 1540. The van der Waals surface area contributed by atoms with Gasteiger partial charge in [-0.2, -0.15) is 9.78 Å². The molecule has 4 rings (SSSR count). The van der Waals surface area contributed by atoms with Gasteiger partial charge in [-0.25, -0.2) is 9.37 Å². The van der Waals surface area contributed by atoms with E-state index in [4.69, 9.17) is 16.3 Å². The maximum atomic E-state index is 13.8. The van der Waals surface area contributed by atoms with Gasteiger partial charge in [0.25, 0.3) is 11.5 Å². The third-order valence-electron chi connectivity index (χ3n) is 5.42. The van der Waals surface area contributed by atoms with Gasteiger partial charge < -0.3 is 10.1 Å². The number of nitrogens with one attached hydrogen (secondary N) is 1. The van der Waals surface area contributed by atoms with Crippen LogP contribution in [0.25, 0.3) is 10.9 Å². The second-order valence-corrected chi connectivity index (χ2v) is 9.51. The maximum absolute atomic E-state index is 13.8. The summed E-state index contributed by atoms with van der Waals surface area (Å²) < 4.78 is 21.5. The summed E-state index contributed by atoms with van der Waals surface area (Å²) in [4.78, 5) is 30.3. The summed E-state index contributed by atoms with van der Waals surface area (Å²) in [6, 6.07) is 16.0. The lowest BCUT2D eigenvalue weighted by atomic mass is 10.2. The van der Waals surface area contributed by atoms with Gasteiger partial charge in [-0.15, -0.1) is 0 Å². The van der Waals surface area contributed by atoms with Gasteiger partial charge >= 0.3 is 0 Å². The summed E-state index contributed by atoms with van der Waals surface area (Å²) in [5, 5.41) is 7.75. The van der Waals surface area contributed by atoms with E-state index in [1.807, 2.05) is 6.07 Å². The Morgan fingerprint density at radius 1 is 1.22 bits per heavy atom. The number of unbranched alkanes of at least 4 members (excludes halogenated alkanes) is 1. The normalized spacial score (nSPS) is 11.2. The number of aromatic nitrogens is 2. The second kappa shape index (κ2) is 12.1. The smallest absolute Gasteiger partial charge is 0.282 e. The van der Waals surface area contributed by atoms with E-state index in [-0.39, 0.29) is 17.9 Å². The standard InChI is InChI=1S/C27H23BrClFN4O3/c1-2-3-8-25-32-22-11-9-18(28)14-20(22)27(36)34(25)31-15-17-13-19(29)10-12-24(17)37-16-26(35)33-23-7-5-4-6-21(23)30/h4-7,9-15H,2-3,8,16H2,1H3,(H,33,35). The maximum Gasteiger partial charge on any atom is 0.282 e. The first-order valence-electron chi connectivity index (χ1n) is 11.6. The van der Waals surface area contributed by atoms with Crippen LogP contribution in [0.5, 0.6) is 5.75 Å². The average Bonchev–Trinajstić information content (AvgIpc) is 2.88. The topological polar surface area (TPSA) is 85.6 Å². The summed E-state index contributed by atoms with van der Waals surface area (Å²) in [5.74, 6) is -0.232. The monoisotopic (exact) mass is 584 g/mol. The molecule has 37 heavy (non-hydrogen) atoms. The molecule has 0 saturated heterocycles. The number of halogens is 3. The number of rotatable bonds is 9. The molecule has 1 aromatic heterocycles. The molecule has 10 heteroatoms. The number of nitrogens with zero attached hydrogens (tertiary/aromatic N) is 3. The van der Waals surface area contributed by atoms with Crippen LogP contribution in [0, 0.1) is 5.82 Å². The fourth-order valence-electron chi connectivity index (χ4n) is 3.57. The Kier molecular flexibility index (Phi) is 8.68. The molecule has 0 radical (unpaired) electrons. The van der Waals surface area contributed by atoms with Crippen molar-refractivity contribution in [2.24, 2.45) is 5.10 Å². The molecule has 0 bridgehead atoms. The number of carbonyl (C=O) groups is 1. The lowest BCUT2D eigenvalue weighted by molar-refractivity contribution is -0.118. The Hall–Kier alpha value is -3.56. The summed E-state index contributed by atoms with van der Waals surface area (Å²) in [6.07, 6.45) is 3.79. The van der Waals surface area contributed by atoms with Crippen molar-refractivity contribution < 1.29 is 13.9 Å². The van der Waals surface area contributed by atoms with E-state index in [2.05, 4.69) is 38.3 Å². The van der Waals surface area contributed by atoms with Gasteiger partial charge in [0.05, 0.1) is 22.8 Å². The first kappa shape index (κ1) is 26.5. The summed E-state index contributed by atoms with van der Waals surface area (Å²) in [5.41, 5.74) is 0.804. The highest BCUT2D eigenvalue weighted by molar-refractivity contribution is 9.10. The third-order valence-corrected chi connectivity index (χ3v) is 6.15. The number of hydrogen-bond donors (Lipinski definition) is 1. The van der Waals surface area contributed by atoms with Crippen LogP contribution in [0.15, 0.2) is 75.0 Å². The third kappa shape index (κ3) is 6.61. The van der Waals surface area contributed by atoms with E-state index in [1.165, 1.54) is 29.1 Å². The van der Waals surface area contributed by atoms with Crippen molar-refractivity contribution in [3.63, 3.8) is 0 Å². The molecule has 0 saturated carbocycles. The Morgan fingerprint density at radius 2 is 2.03 bits per heavy atom. The van der Waals surface area contributed by atoms with Gasteiger partial charge in [-0.05, 0) is 55.0 Å². The minimum atomic E-state index is -0.546. The lowest BCUT2D eigenvalue weighted by Crippen LogP contribution is -2.23. The van der Waals surface area contributed by atoms with Gasteiger partial charge in [-0.1, -0.05) is 53.0 Å². The summed E-state index contributed by atoms with van der Waals surface area (Å²) in [7, 11) is 0. The van der Waals surface area contributed by atoms with Crippen molar-refractivity contribution >= 4 is 56.2 Å². The minimum Gasteiger partial charge on any atom is -0.483 e. The predicted molar refractivity (Wildman–Crippen MR) is 147 cm³/mol. The lowest BCUT2D eigenvalue weighted by Gasteiger charge is -2.11. The van der Waals surface area contributed by atoms with Crippen LogP contribution in [0.1, 0.15) is 31.2 Å². The molecule has 1 amide bonds. The van der Waals surface area contributed by atoms with Crippen molar-refractivity contribution in [2.75, 3.05) is 11.9 Å². The van der Waals surface area contributed by atoms with Gasteiger partial charge in [-0.3, -0.25) is 9.59 Å². The Labute approximate surface area is 226 Å². The highest BCUT2D eigenvalue weighted by Crippen LogP contribution is 2.22. The van der Waals surface area contributed by atoms with Crippen molar-refractivity contribution in [1.29, 1.82) is 0 Å². The fourth-order valence-corrected chi connectivity index (χ4v) is 4.12. The molecule has 4 aromatic rings. The molecule has 0 unspecified atom stereocenters. The van der Waals surface area contributed by atoms with Crippen LogP contribution in [-0.2, 0) is 11.2 Å². The zero-order valence-corrected chi connectivity index (χ0v) is 22.2. The Balaban J connectivity index is 1.62. The van der Waals surface area contributed by atoms with Gasteiger partial charge in [0.2, 0.25) is 0 Å². The Morgan fingerprint density at radius 3 is 2.81 bits per heavy atom. The zero-order valence-electron chi connectivity index (χ0n) is 19.9. The first-order chi connectivity index (χ1) is 17.9. The SMILES string of the molecule is CCCCc1nc2ccc(Br)cc2c(=O)n1N=Cc1cc(Cl)ccc1OCC(=O)Nc1ccccc1F. The number of aryl methyl sites for hydroxylation is 1. The second-order valence-electron chi connectivity index (χ2n) is 8.15. The molecular formula is C27H23BrClFN4O3. The molecule has 0 atom stereocenters. The summed E-state index contributed by atoms with van der Waals surface area (Å²) >= 11 is 9.59. The van der Waals surface area contributed by atoms with Crippen LogP contribution in [0.3, 0.4) is 0 Å². The van der Waals surface area contributed by atoms with Gasteiger partial charge in [0, 0.05) is 21.5 Å². The van der Waals surface area contributed by atoms with Crippen LogP contribution in [0.2, 0.25) is 5.02 Å². The summed E-state index contributed by atoms with van der Waals surface area (Å²) in [6.45, 7) is 1.69. The first-order valence-corrected chi connectivity index (χ1v) is 12.7. The molecule has 190 valence electrons. The molecule has 1 N–H and O–H groups in total. The number of anilines is 1. The molecule has 1 heterocycles. The number of ether oxygens (including phenoxy) is 1. The number of amides is 1. The van der Waals surface area contributed by atoms with Gasteiger partial charge in [0.1, 0.15) is 17.4 Å². The molecule has 0 aliphatic carbocycles. The van der Waals surface area contributed by atoms with Crippen molar-refractivity contribution in [2.45, 2.75) is 26.2 Å². The number of para-hydroxylation sites is 1. The van der Waals surface area contributed by atoms with E-state index in [0.717, 1.165) is 17.3 Å². The van der Waals surface area contributed by atoms with E-state index < -0.39 is 11.7 Å². The van der Waals surface area contributed by atoms with E-state index in [9.17, 15) is 14.0 Å². The molecule has 3 aromatic carbocycles. The highest BCUT2D eigenvalue weighted by Gasteiger charge is 2.13. The van der Waals surface area contributed by atoms with E-state index >= 15 is 0 Å². The van der Waals surface area contributed by atoms with E-state index in [1.54, 1.807) is 36.4 Å². The molecule has 0 fully saturated rings. The zero-order chi connectivity index (χ0) is 26.4. The molecule has 7 nitrogen and oxygen atoms in total. The number of carbonyl (C=O) groups excluding carboxylic acids is 1. The quantitative estimate of drug-likeness (QED) is 0.237. The van der Waals surface area contributed by atoms with Gasteiger partial charge in [0.15, 0.2) is 6.61 Å². The minimum absolute atomic E-state index is 0.0587. The molecule has 0 aliphatic rings. The van der Waals surface area contributed by atoms with Crippen LogP contribution in [-0.4, -0.2) is 28.4 Å². The van der Waals surface area contributed by atoms with Crippen LogP contribution < -0.4 is 15.6 Å². The average molecular weight is 586 g/mol. The van der Waals surface area contributed by atoms with Crippen LogP contribution in [0.4, 0.5) is 10.1 Å². The van der Waals surface area contributed by atoms with Crippen LogP contribution >= 0.6 is 27.5 Å². The highest BCUT2D eigenvalue weighted by atomic mass is 79.9. The fraction of sp³-hybridized carbons (Fsp3) is 0.185. The number of fused-ring (bicyclic) bond motifs is 1. The van der Waals surface area contributed by atoms with Crippen molar-refractivity contribution in [1.82, 2.24) is 9.66 Å². The van der Waals surface area contributed by atoms with Crippen molar-refractivity contribution in [3.05, 3.63) is 97.7 Å². The van der Waals surface area contributed by atoms with E-state index in [0.29, 0.717) is 39.5 Å². The number of benzene rings is 3. The largest absolute Gasteiger partial charge is 0.483 e. The molecule has 0 spiro atoms. The number of hydrogen-bond acceptors (Lipinski definition) is 5. The van der Waals surface area contributed by atoms with Crippen molar-refractivity contribution in [3.8, 4) is 5.75 Å².